The Labute approximate surface area is 186 Å². The third-order valence-electron chi connectivity index (χ3n) is 5.55. The van der Waals surface area contributed by atoms with Crippen LogP contribution in [0.15, 0.2) is 42.6 Å². The molecule has 3 heterocycles. The molecule has 1 aliphatic rings. The highest BCUT2D eigenvalue weighted by Gasteiger charge is 2.28. The number of carbonyl (C=O) groups excluding carboxylic acids is 1. The predicted molar refractivity (Wildman–Crippen MR) is 120 cm³/mol. The number of hydrogen-bond donors (Lipinski definition) is 0. The second kappa shape index (κ2) is 8.50. The number of fused-ring (bicyclic) bond motifs is 1. The van der Waals surface area contributed by atoms with Gasteiger partial charge in [0.1, 0.15) is 17.1 Å². The molecule has 1 aromatic carbocycles. The number of aromatic nitrogens is 2. The number of amides is 1. The van der Waals surface area contributed by atoms with Crippen molar-refractivity contribution in [3.63, 3.8) is 0 Å². The molecule has 2 aromatic heterocycles. The molecular weight excluding hydrogens is 417 g/mol. The van der Waals surface area contributed by atoms with Crippen molar-refractivity contribution in [2.24, 2.45) is 0 Å². The molecule has 0 saturated carbocycles. The topological polar surface area (TPSA) is 47.4 Å². The second-order valence-electron chi connectivity index (χ2n) is 9.07. The summed E-state index contributed by atoms with van der Waals surface area (Å²) in [5.74, 6) is -0.0428. The monoisotopic (exact) mass is 443 g/mol. The van der Waals surface area contributed by atoms with Gasteiger partial charge in [-0.2, -0.15) is 0 Å². The zero-order chi connectivity index (χ0) is 22.2. The molecule has 5 nitrogen and oxygen atoms in total. The van der Waals surface area contributed by atoms with E-state index in [1.54, 1.807) is 17.0 Å². The third kappa shape index (κ3) is 5.01. The first-order valence-corrected chi connectivity index (χ1v) is 10.9. The summed E-state index contributed by atoms with van der Waals surface area (Å²) in [6, 6.07) is 10.9. The smallest absolute Gasteiger partial charge is 0.410 e. The van der Waals surface area contributed by atoms with Crippen LogP contribution in [0.3, 0.4) is 0 Å². The Morgan fingerprint density at radius 2 is 1.94 bits per heavy atom. The van der Waals surface area contributed by atoms with Gasteiger partial charge in [-0.1, -0.05) is 17.7 Å². The minimum atomic E-state index is -0.491. The van der Waals surface area contributed by atoms with E-state index in [1.807, 2.05) is 37.6 Å². The molecule has 0 spiro atoms. The number of likely N-dealkylation sites (tertiary alicyclic amines) is 1. The molecule has 164 valence electrons. The summed E-state index contributed by atoms with van der Waals surface area (Å²) in [6.45, 7) is 7.32. The zero-order valence-electron chi connectivity index (χ0n) is 18.1. The third-order valence-corrected chi connectivity index (χ3v) is 5.79. The molecule has 0 radical (unpaired) electrons. The Hall–Kier alpha value is -2.60. The lowest BCUT2D eigenvalue weighted by Gasteiger charge is -2.33. The average Bonchev–Trinajstić information content (AvgIpc) is 3.11. The van der Waals surface area contributed by atoms with Crippen LogP contribution in [0, 0.1) is 5.82 Å². The number of carbonyl (C=O) groups is 1. The van der Waals surface area contributed by atoms with Gasteiger partial charge >= 0.3 is 6.09 Å². The van der Waals surface area contributed by atoms with Crippen molar-refractivity contribution in [1.29, 1.82) is 0 Å². The molecule has 1 aliphatic heterocycles. The van der Waals surface area contributed by atoms with E-state index >= 15 is 0 Å². The van der Waals surface area contributed by atoms with E-state index in [1.165, 1.54) is 6.07 Å². The lowest BCUT2D eigenvalue weighted by atomic mass is 9.93. The summed E-state index contributed by atoms with van der Waals surface area (Å²) in [6.07, 6.45) is 3.35. The molecule has 31 heavy (non-hydrogen) atoms. The summed E-state index contributed by atoms with van der Waals surface area (Å²) in [7, 11) is 0. The highest BCUT2D eigenvalue weighted by Crippen LogP contribution is 2.29. The summed E-state index contributed by atoms with van der Waals surface area (Å²) >= 11 is 5.87. The lowest BCUT2D eigenvalue weighted by Crippen LogP contribution is -2.41. The van der Waals surface area contributed by atoms with Crippen molar-refractivity contribution < 1.29 is 13.9 Å². The first-order valence-electron chi connectivity index (χ1n) is 10.6. The highest BCUT2D eigenvalue weighted by molar-refractivity contribution is 6.30. The van der Waals surface area contributed by atoms with E-state index in [-0.39, 0.29) is 17.8 Å². The fraction of sp³-hybridized carbons (Fsp3) is 0.417. The fourth-order valence-electron chi connectivity index (χ4n) is 3.95. The van der Waals surface area contributed by atoms with Gasteiger partial charge in [0.15, 0.2) is 0 Å². The Bertz CT molecular complexity index is 1100. The van der Waals surface area contributed by atoms with Gasteiger partial charge in [0, 0.05) is 46.9 Å². The quantitative estimate of drug-likeness (QED) is 0.499. The van der Waals surface area contributed by atoms with Gasteiger partial charge in [-0.15, -0.1) is 0 Å². The fourth-order valence-corrected chi connectivity index (χ4v) is 4.11. The van der Waals surface area contributed by atoms with Crippen LogP contribution in [0.25, 0.3) is 11.0 Å². The molecule has 7 heteroatoms. The van der Waals surface area contributed by atoms with Crippen molar-refractivity contribution in [2.75, 3.05) is 13.1 Å². The second-order valence-corrected chi connectivity index (χ2v) is 9.51. The maximum atomic E-state index is 14.3. The van der Waals surface area contributed by atoms with Crippen LogP contribution in [0.2, 0.25) is 5.02 Å². The maximum absolute atomic E-state index is 14.3. The molecule has 0 N–H and O–H groups in total. The van der Waals surface area contributed by atoms with Crippen LogP contribution in [-0.4, -0.2) is 39.2 Å². The van der Waals surface area contributed by atoms with Crippen LogP contribution < -0.4 is 0 Å². The maximum Gasteiger partial charge on any atom is 0.410 e. The summed E-state index contributed by atoms with van der Waals surface area (Å²) in [4.78, 5) is 19.0. The molecule has 0 unspecified atom stereocenters. The Morgan fingerprint density at radius 3 is 2.61 bits per heavy atom. The van der Waals surface area contributed by atoms with Gasteiger partial charge in [-0.25, -0.2) is 14.2 Å². The summed E-state index contributed by atoms with van der Waals surface area (Å²) < 4.78 is 21.7. The van der Waals surface area contributed by atoms with Crippen molar-refractivity contribution in [3.05, 3.63) is 64.7 Å². The first-order chi connectivity index (χ1) is 14.7. The van der Waals surface area contributed by atoms with Crippen LogP contribution in [0.1, 0.15) is 50.8 Å². The highest BCUT2D eigenvalue weighted by atomic mass is 35.5. The minimum absolute atomic E-state index is 0.256. The van der Waals surface area contributed by atoms with Gasteiger partial charge in [0.25, 0.3) is 0 Å². The van der Waals surface area contributed by atoms with Crippen LogP contribution in [-0.2, 0) is 11.3 Å². The van der Waals surface area contributed by atoms with E-state index < -0.39 is 5.60 Å². The molecule has 1 fully saturated rings. The van der Waals surface area contributed by atoms with Gasteiger partial charge in [-0.3, -0.25) is 0 Å². The van der Waals surface area contributed by atoms with E-state index in [4.69, 9.17) is 21.3 Å². The van der Waals surface area contributed by atoms with Crippen molar-refractivity contribution in [1.82, 2.24) is 14.5 Å². The molecule has 0 bridgehead atoms. The van der Waals surface area contributed by atoms with Crippen molar-refractivity contribution >= 4 is 28.7 Å². The van der Waals surface area contributed by atoms with Gasteiger partial charge in [0.05, 0.1) is 6.54 Å². The largest absolute Gasteiger partial charge is 0.444 e. The SMILES string of the molecule is CC(C)(C)OC(=O)N1CCC(c2ccc3ccn(Cc4ccc(Cl)cc4F)c3n2)CC1. The van der Waals surface area contributed by atoms with E-state index in [0.29, 0.717) is 30.2 Å². The van der Waals surface area contributed by atoms with Crippen LogP contribution >= 0.6 is 11.6 Å². The Balaban J connectivity index is 1.48. The summed E-state index contributed by atoms with van der Waals surface area (Å²) in [5, 5.41) is 1.40. The first kappa shape index (κ1) is 21.6. The van der Waals surface area contributed by atoms with E-state index in [9.17, 15) is 9.18 Å². The minimum Gasteiger partial charge on any atom is -0.444 e. The number of benzene rings is 1. The number of nitrogens with zero attached hydrogens (tertiary/aromatic N) is 3. The van der Waals surface area contributed by atoms with Gasteiger partial charge in [0.2, 0.25) is 0 Å². The zero-order valence-corrected chi connectivity index (χ0v) is 18.8. The molecule has 3 aromatic rings. The average molecular weight is 444 g/mol. The number of halogens is 2. The Kier molecular flexibility index (Phi) is 5.93. The molecule has 4 rings (SSSR count). The normalized spacial score (nSPS) is 15.5. The molecule has 0 aliphatic carbocycles. The van der Waals surface area contributed by atoms with Crippen LogP contribution in [0.5, 0.6) is 0 Å². The number of pyridine rings is 1. The molecule has 1 amide bonds. The number of hydrogen-bond acceptors (Lipinski definition) is 3. The van der Waals surface area contributed by atoms with E-state index in [2.05, 4.69) is 12.1 Å². The van der Waals surface area contributed by atoms with Crippen molar-refractivity contribution in [3.8, 4) is 0 Å². The number of rotatable bonds is 3. The van der Waals surface area contributed by atoms with Crippen molar-refractivity contribution in [2.45, 2.75) is 51.7 Å². The Morgan fingerprint density at radius 1 is 1.19 bits per heavy atom. The van der Waals surface area contributed by atoms with E-state index in [0.717, 1.165) is 29.6 Å². The van der Waals surface area contributed by atoms with Crippen LogP contribution in [0.4, 0.5) is 9.18 Å². The molecule has 1 saturated heterocycles. The summed E-state index contributed by atoms with van der Waals surface area (Å²) in [5.41, 5.74) is 1.92. The van der Waals surface area contributed by atoms with Gasteiger partial charge in [-0.05, 0) is 63.9 Å². The standard InChI is InChI=1S/C24H27ClFN3O2/c1-24(2,3)31-23(30)28-11-8-16(9-12-28)21-7-5-17-10-13-29(22(17)27-21)15-18-4-6-19(25)14-20(18)26/h4-7,10,13-14,16H,8-9,11-12,15H2,1-3H3. The molecular formula is C24H27ClFN3O2. The van der Waals surface area contributed by atoms with Gasteiger partial charge < -0.3 is 14.2 Å². The lowest BCUT2D eigenvalue weighted by molar-refractivity contribution is 0.0204. The molecule has 0 atom stereocenters. The predicted octanol–water partition coefficient (Wildman–Crippen LogP) is 5.99. The number of ether oxygens (including phenoxy) is 1. The number of piperidine rings is 1.